The van der Waals surface area contributed by atoms with E-state index in [1.807, 2.05) is 0 Å². The van der Waals surface area contributed by atoms with E-state index in [4.69, 9.17) is 51.1 Å². The number of hydrogen-bond donors (Lipinski definition) is 1. The zero-order valence-electron chi connectivity index (χ0n) is 17.8. The van der Waals surface area contributed by atoms with E-state index in [0.29, 0.717) is 47.1 Å². The highest BCUT2D eigenvalue weighted by molar-refractivity contribution is 6.35. The summed E-state index contributed by atoms with van der Waals surface area (Å²) in [6.45, 7) is -0.704. The number of aliphatic carboxylic acids is 1. The molecule has 7 nitrogen and oxygen atoms in total. The van der Waals surface area contributed by atoms with E-state index >= 15 is 0 Å². The van der Waals surface area contributed by atoms with E-state index in [0.717, 1.165) is 0 Å². The standard InChI is InChI=1S/C24H16Cl4N2O5/c25-15-3-1-13(19(27)7-15)10-29-21-6-5-17(35-12-14-2-4-16(26)8-20(14)28)9-18(21)23(33)30(24(29)34)11-22(31)32/h1-9H,10-12H2,(H,31,32). The lowest BCUT2D eigenvalue weighted by molar-refractivity contribution is -0.137. The molecule has 0 atom stereocenters. The maximum Gasteiger partial charge on any atom is 0.332 e. The van der Waals surface area contributed by atoms with Crippen LogP contribution in [0.2, 0.25) is 20.1 Å². The Labute approximate surface area is 218 Å². The van der Waals surface area contributed by atoms with Gasteiger partial charge in [0.2, 0.25) is 0 Å². The molecule has 180 valence electrons. The lowest BCUT2D eigenvalue weighted by atomic mass is 10.2. The van der Waals surface area contributed by atoms with Gasteiger partial charge in [-0.15, -0.1) is 0 Å². The first-order valence-electron chi connectivity index (χ1n) is 10.1. The molecule has 0 unspecified atom stereocenters. The Morgan fingerprint density at radius 2 is 1.46 bits per heavy atom. The van der Waals surface area contributed by atoms with Crippen molar-refractivity contribution < 1.29 is 14.6 Å². The van der Waals surface area contributed by atoms with Crippen LogP contribution in [-0.4, -0.2) is 20.2 Å². The van der Waals surface area contributed by atoms with Gasteiger partial charge in [0.05, 0.1) is 17.4 Å². The van der Waals surface area contributed by atoms with Crippen LogP contribution in [0.4, 0.5) is 0 Å². The minimum Gasteiger partial charge on any atom is -0.489 e. The van der Waals surface area contributed by atoms with Gasteiger partial charge in [-0.05, 0) is 48.0 Å². The van der Waals surface area contributed by atoms with Crippen molar-refractivity contribution in [2.75, 3.05) is 0 Å². The number of halogens is 4. The number of nitrogens with zero attached hydrogens (tertiary/aromatic N) is 2. The second-order valence-electron chi connectivity index (χ2n) is 7.59. The first-order chi connectivity index (χ1) is 16.6. The SMILES string of the molecule is O=C(O)Cn1c(=O)c2cc(OCc3ccc(Cl)cc3Cl)ccc2n(Cc2ccc(Cl)cc2Cl)c1=O. The van der Waals surface area contributed by atoms with Crippen molar-refractivity contribution in [2.24, 2.45) is 0 Å². The molecule has 0 saturated carbocycles. The zero-order chi connectivity index (χ0) is 25.3. The number of aromatic nitrogens is 2. The smallest absolute Gasteiger partial charge is 0.332 e. The van der Waals surface area contributed by atoms with Crippen molar-refractivity contribution in [1.82, 2.24) is 9.13 Å². The molecular formula is C24H16Cl4N2O5. The first-order valence-corrected chi connectivity index (χ1v) is 11.6. The van der Waals surface area contributed by atoms with Crippen LogP contribution in [0, 0.1) is 0 Å². The van der Waals surface area contributed by atoms with Gasteiger partial charge in [0.1, 0.15) is 18.9 Å². The van der Waals surface area contributed by atoms with Gasteiger partial charge in [0.25, 0.3) is 5.56 Å². The topological polar surface area (TPSA) is 90.5 Å². The molecule has 0 spiro atoms. The second-order valence-corrected chi connectivity index (χ2v) is 9.28. The molecular weight excluding hydrogens is 538 g/mol. The van der Waals surface area contributed by atoms with E-state index in [-0.39, 0.29) is 18.5 Å². The van der Waals surface area contributed by atoms with Gasteiger partial charge < -0.3 is 9.84 Å². The number of hydrogen-bond acceptors (Lipinski definition) is 4. The predicted molar refractivity (Wildman–Crippen MR) is 136 cm³/mol. The average molecular weight is 554 g/mol. The van der Waals surface area contributed by atoms with Gasteiger partial charge in [-0.3, -0.25) is 14.2 Å². The first kappa shape index (κ1) is 25.1. The largest absolute Gasteiger partial charge is 0.489 e. The number of rotatable bonds is 7. The van der Waals surface area contributed by atoms with Crippen molar-refractivity contribution in [3.05, 3.63) is 107 Å². The zero-order valence-corrected chi connectivity index (χ0v) is 20.8. The van der Waals surface area contributed by atoms with E-state index in [1.54, 1.807) is 42.5 Å². The number of fused-ring (bicyclic) bond motifs is 1. The van der Waals surface area contributed by atoms with Gasteiger partial charge >= 0.3 is 11.7 Å². The van der Waals surface area contributed by atoms with Crippen molar-refractivity contribution in [3.8, 4) is 5.75 Å². The Morgan fingerprint density at radius 1 is 0.829 bits per heavy atom. The van der Waals surface area contributed by atoms with Gasteiger partial charge in [-0.2, -0.15) is 0 Å². The quantitative estimate of drug-likeness (QED) is 0.327. The highest BCUT2D eigenvalue weighted by Crippen LogP contribution is 2.25. The molecule has 11 heteroatoms. The summed E-state index contributed by atoms with van der Waals surface area (Å²) in [7, 11) is 0. The van der Waals surface area contributed by atoms with Gasteiger partial charge in [-0.25, -0.2) is 9.36 Å². The molecule has 4 rings (SSSR count). The highest BCUT2D eigenvalue weighted by atomic mass is 35.5. The lowest BCUT2D eigenvalue weighted by Crippen LogP contribution is -2.41. The summed E-state index contributed by atoms with van der Waals surface area (Å²) in [6, 6.07) is 14.4. The number of carbonyl (C=O) groups is 1. The third kappa shape index (κ3) is 5.49. The van der Waals surface area contributed by atoms with Crippen LogP contribution >= 0.6 is 46.4 Å². The van der Waals surface area contributed by atoms with E-state index in [9.17, 15) is 19.5 Å². The van der Waals surface area contributed by atoms with Crippen molar-refractivity contribution in [3.63, 3.8) is 0 Å². The fraction of sp³-hybridized carbons (Fsp3) is 0.125. The summed E-state index contributed by atoms with van der Waals surface area (Å²) < 4.78 is 7.75. The Hall–Kier alpha value is -2.97. The van der Waals surface area contributed by atoms with Gasteiger partial charge in [0, 0.05) is 25.7 Å². The Morgan fingerprint density at radius 3 is 2.06 bits per heavy atom. The minimum absolute atomic E-state index is 0.00811. The number of carboxylic acids is 1. The third-order valence-corrected chi connectivity index (χ3v) is 6.42. The second kappa shape index (κ2) is 10.3. The molecule has 0 amide bonds. The Kier molecular flexibility index (Phi) is 7.42. The maximum atomic E-state index is 13.1. The molecule has 35 heavy (non-hydrogen) atoms. The van der Waals surface area contributed by atoms with Crippen LogP contribution < -0.4 is 16.0 Å². The van der Waals surface area contributed by atoms with Crippen molar-refractivity contribution in [2.45, 2.75) is 19.7 Å². The summed E-state index contributed by atoms with van der Waals surface area (Å²) in [5, 5.41) is 11.0. The van der Waals surface area contributed by atoms with Crippen LogP contribution in [0.3, 0.4) is 0 Å². The van der Waals surface area contributed by atoms with E-state index in [1.165, 1.54) is 16.7 Å². The summed E-state index contributed by atoms with van der Waals surface area (Å²) >= 11 is 24.4. The summed E-state index contributed by atoms with van der Waals surface area (Å²) in [5.74, 6) is -0.998. The van der Waals surface area contributed by atoms with Crippen LogP contribution in [0.15, 0.2) is 64.2 Å². The molecule has 1 heterocycles. The molecule has 0 fully saturated rings. The number of carboxylic acid groups (broad SMARTS) is 1. The molecule has 0 bridgehead atoms. The monoisotopic (exact) mass is 552 g/mol. The molecule has 0 radical (unpaired) electrons. The van der Waals surface area contributed by atoms with Crippen LogP contribution in [-0.2, 0) is 24.5 Å². The molecule has 0 aliphatic heterocycles. The van der Waals surface area contributed by atoms with Crippen LogP contribution in [0.1, 0.15) is 11.1 Å². The summed E-state index contributed by atoms with van der Waals surface area (Å²) in [4.78, 5) is 37.6. The van der Waals surface area contributed by atoms with E-state index < -0.39 is 23.8 Å². The van der Waals surface area contributed by atoms with Crippen molar-refractivity contribution in [1.29, 1.82) is 0 Å². The molecule has 0 aliphatic carbocycles. The van der Waals surface area contributed by atoms with Crippen molar-refractivity contribution >= 4 is 63.3 Å². The highest BCUT2D eigenvalue weighted by Gasteiger charge is 2.17. The van der Waals surface area contributed by atoms with Gasteiger partial charge in [0.15, 0.2) is 0 Å². The van der Waals surface area contributed by atoms with Crippen LogP contribution in [0.25, 0.3) is 10.9 Å². The summed E-state index contributed by atoms with van der Waals surface area (Å²) in [5.41, 5.74) is 0.0161. The fourth-order valence-corrected chi connectivity index (χ4v) is 4.47. The number of benzene rings is 3. The molecule has 1 aromatic heterocycles. The minimum atomic E-state index is -1.33. The predicted octanol–water partition coefficient (Wildman–Crippen LogP) is 5.49. The Bertz CT molecular complexity index is 1580. The lowest BCUT2D eigenvalue weighted by Gasteiger charge is -2.15. The Balaban J connectivity index is 1.80. The maximum absolute atomic E-state index is 13.1. The number of ether oxygens (including phenoxy) is 1. The average Bonchev–Trinajstić information content (AvgIpc) is 2.80. The molecule has 4 aromatic rings. The molecule has 3 aromatic carbocycles. The summed E-state index contributed by atoms with van der Waals surface area (Å²) in [6.07, 6.45) is 0. The van der Waals surface area contributed by atoms with E-state index in [2.05, 4.69) is 0 Å². The molecule has 0 aliphatic rings. The normalized spacial score (nSPS) is 11.1. The fourth-order valence-electron chi connectivity index (χ4n) is 3.54. The van der Waals surface area contributed by atoms with Gasteiger partial charge in [-0.1, -0.05) is 58.5 Å². The third-order valence-electron chi connectivity index (χ3n) is 5.24. The van der Waals surface area contributed by atoms with Crippen LogP contribution in [0.5, 0.6) is 5.75 Å². The molecule has 1 N–H and O–H groups in total. The molecule has 0 saturated heterocycles.